The van der Waals surface area contributed by atoms with Gasteiger partial charge in [0.1, 0.15) is 37.9 Å². The number of hydrogen-bond donors (Lipinski definition) is 2. The maximum atomic E-state index is 11.9. The summed E-state index contributed by atoms with van der Waals surface area (Å²) in [5.41, 5.74) is 2.27. The number of likely N-dealkylation sites (N-methyl/N-ethyl adjacent to an activating group) is 1. The SMILES string of the molecule is CNC(=O)COCCOCCOc1ccc(CCNC(=O)COCCOc2ccc(C)cc2)cc1. The summed E-state index contributed by atoms with van der Waals surface area (Å²) in [5.74, 6) is 1.22. The van der Waals surface area contributed by atoms with Gasteiger partial charge in [-0.2, -0.15) is 0 Å². The molecule has 0 unspecified atom stereocenters. The second kappa shape index (κ2) is 17.3. The number of amides is 2. The molecule has 0 saturated carbocycles. The van der Waals surface area contributed by atoms with Crippen LogP contribution in [0.25, 0.3) is 0 Å². The van der Waals surface area contributed by atoms with Crippen molar-refractivity contribution < 1.29 is 33.3 Å². The molecule has 0 fully saturated rings. The molecule has 0 spiro atoms. The predicted molar refractivity (Wildman–Crippen MR) is 132 cm³/mol. The average molecular weight is 489 g/mol. The highest BCUT2D eigenvalue weighted by Crippen LogP contribution is 2.12. The third kappa shape index (κ3) is 13.4. The van der Waals surface area contributed by atoms with Crippen LogP contribution in [0.2, 0.25) is 0 Å². The van der Waals surface area contributed by atoms with Crippen LogP contribution in [0.15, 0.2) is 48.5 Å². The van der Waals surface area contributed by atoms with E-state index in [0.717, 1.165) is 17.1 Å². The Labute approximate surface area is 207 Å². The summed E-state index contributed by atoms with van der Waals surface area (Å²) >= 11 is 0. The van der Waals surface area contributed by atoms with E-state index in [9.17, 15) is 9.59 Å². The second-order valence-electron chi connectivity index (χ2n) is 7.64. The molecule has 192 valence electrons. The minimum Gasteiger partial charge on any atom is -0.491 e. The molecule has 9 nitrogen and oxygen atoms in total. The van der Waals surface area contributed by atoms with Gasteiger partial charge in [0.05, 0.1) is 26.4 Å². The normalized spacial score (nSPS) is 10.6. The Morgan fingerprint density at radius 3 is 1.83 bits per heavy atom. The van der Waals surface area contributed by atoms with Crippen LogP contribution in [-0.2, 0) is 30.2 Å². The molecule has 35 heavy (non-hydrogen) atoms. The van der Waals surface area contributed by atoms with Crippen LogP contribution in [-0.4, -0.2) is 78.3 Å². The molecule has 2 aromatic rings. The highest BCUT2D eigenvalue weighted by Gasteiger charge is 2.03. The second-order valence-corrected chi connectivity index (χ2v) is 7.64. The summed E-state index contributed by atoms with van der Waals surface area (Å²) in [6.45, 7) is 4.92. The van der Waals surface area contributed by atoms with Crippen molar-refractivity contribution >= 4 is 11.8 Å². The number of benzene rings is 2. The van der Waals surface area contributed by atoms with Gasteiger partial charge in [0, 0.05) is 13.6 Å². The molecule has 0 aliphatic carbocycles. The number of rotatable bonds is 18. The predicted octanol–water partition coefficient (Wildman–Crippen LogP) is 1.91. The van der Waals surface area contributed by atoms with E-state index < -0.39 is 0 Å². The van der Waals surface area contributed by atoms with E-state index in [-0.39, 0.29) is 25.0 Å². The molecule has 2 aromatic carbocycles. The summed E-state index contributed by atoms with van der Waals surface area (Å²) in [6.07, 6.45) is 0.710. The van der Waals surface area contributed by atoms with Crippen molar-refractivity contribution in [2.45, 2.75) is 13.3 Å². The molecule has 2 amide bonds. The molecule has 0 bridgehead atoms. The van der Waals surface area contributed by atoms with Gasteiger partial charge in [-0.1, -0.05) is 29.8 Å². The van der Waals surface area contributed by atoms with Crippen LogP contribution in [0.4, 0.5) is 0 Å². The highest BCUT2D eigenvalue weighted by molar-refractivity contribution is 5.77. The zero-order valence-corrected chi connectivity index (χ0v) is 20.5. The lowest BCUT2D eigenvalue weighted by Gasteiger charge is -2.09. The van der Waals surface area contributed by atoms with Gasteiger partial charge in [0.25, 0.3) is 0 Å². The molecule has 0 radical (unpaired) electrons. The fraction of sp³-hybridized carbons (Fsp3) is 0.462. The Morgan fingerprint density at radius 2 is 1.20 bits per heavy atom. The van der Waals surface area contributed by atoms with Gasteiger partial charge in [-0.25, -0.2) is 0 Å². The number of hydrogen-bond acceptors (Lipinski definition) is 7. The Kier molecular flexibility index (Phi) is 13.9. The first kappa shape index (κ1) is 28.1. The minimum atomic E-state index is -0.163. The highest BCUT2D eigenvalue weighted by atomic mass is 16.5. The maximum Gasteiger partial charge on any atom is 0.246 e. The van der Waals surface area contributed by atoms with Crippen LogP contribution in [0.3, 0.4) is 0 Å². The van der Waals surface area contributed by atoms with E-state index in [1.54, 1.807) is 7.05 Å². The van der Waals surface area contributed by atoms with Gasteiger partial charge < -0.3 is 34.3 Å². The standard InChI is InChI=1S/C26H36N2O7/c1-21-3-7-23(8-4-21)35-18-16-33-20-26(30)28-12-11-22-5-9-24(10-6-22)34-17-15-31-13-14-32-19-25(29)27-2/h3-10H,11-20H2,1-2H3,(H,27,29)(H,28,30). The molecule has 2 rings (SSSR count). The van der Waals surface area contributed by atoms with Crippen molar-refractivity contribution in [2.24, 2.45) is 0 Å². The van der Waals surface area contributed by atoms with Crippen molar-refractivity contribution in [2.75, 3.05) is 66.4 Å². The van der Waals surface area contributed by atoms with Crippen molar-refractivity contribution in [1.29, 1.82) is 0 Å². The van der Waals surface area contributed by atoms with Crippen LogP contribution >= 0.6 is 0 Å². The Balaban J connectivity index is 1.45. The smallest absolute Gasteiger partial charge is 0.246 e. The zero-order valence-electron chi connectivity index (χ0n) is 20.5. The van der Waals surface area contributed by atoms with Gasteiger partial charge in [-0.15, -0.1) is 0 Å². The lowest BCUT2D eigenvalue weighted by atomic mass is 10.1. The van der Waals surface area contributed by atoms with E-state index in [0.29, 0.717) is 52.6 Å². The van der Waals surface area contributed by atoms with Gasteiger partial charge >= 0.3 is 0 Å². The lowest BCUT2D eigenvalue weighted by molar-refractivity contribution is -0.126. The van der Waals surface area contributed by atoms with Crippen LogP contribution in [0.5, 0.6) is 11.5 Å². The molecule has 0 atom stereocenters. The number of carbonyl (C=O) groups is 2. The van der Waals surface area contributed by atoms with Crippen molar-refractivity contribution in [3.8, 4) is 11.5 Å². The quantitative estimate of drug-likeness (QED) is 0.309. The van der Waals surface area contributed by atoms with E-state index in [1.807, 2.05) is 55.5 Å². The molecule has 9 heteroatoms. The number of ether oxygens (including phenoxy) is 5. The number of carbonyl (C=O) groups excluding carboxylic acids is 2. The topological polar surface area (TPSA) is 104 Å². The molecule has 0 aliphatic heterocycles. The molecular formula is C26H36N2O7. The fourth-order valence-corrected chi connectivity index (χ4v) is 2.84. The van der Waals surface area contributed by atoms with E-state index >= 15 is 0 Å². The van der Waals surface area contributed by atoms with Gasteiger partial charge in [-0.05, 0) is 43.2 Å². The number of aryl methyl sites for hydroxylation is 1. The summed E-state index contributed by atoms with van der Waals surface area (Å²) < 4.78 is 27.1. The molecule has 0 saturated heterocycles. The van der Waals surface area contributed by atoms with Crippen molar-refractivity contribution in [1.82, 2.24) is 10.6 Å². The van der Waals surface area contributed by atoms with Crippen LogP contribution in [0, 0.1) is 6.92 Å². The number of nitrogens with one attached hydrogen (secondary N) is 2. The van der Waals surface area contributed by atoms with Crippen molar-refractivity contribution in [3.63, 3.8) is 0 Å². The Hall–Kier alpha value is -3.14. The Bertz CT molecular complexity index is 857. The first-order valence-electron chi connectivity index (χ1n) is 11.7. The van der Waals surface area contributed by atoms with Gasteiger partial charge in [0.15, 0.2) is 0 Å². The third-order valence-electron chi connectivity index (χ3n) is 4.79. The van der Waals surface area contributed by atoms with Crippen LogP contribution in [0.1, 0.15) is 11.1 Å². The maximum absolute atomic E-state index is 11.9. The molecule has 2 N–H and O–H groups in total. The average Bonchev–Trinajstić information content (AvgIpc) is 2.87. The summed E-state index contributed by atoms with van der Waals surface area (Å²) in [5, 5.41) is 5.33. The summed E-state index contributed by atoms with van der Waals surface area (Å²) in [7, 11) is 1.56. The fourth-order valence-electron chi connectivity index (χ4n) is 2.84. The monoisotopic (exact) mass is 488 g/mol. The third-order valence-corrected chi connectivity index (χ3v) is 4.79. The molecule has 0 aliphatic rings. The van der Waals surface area contributed by atoms with E-state index in [1.165, 1.54) is 5.56 Å². The first-order chi connectivity index (χ1) is 17.1. The zero-order chi connectivity index (χ0) is 25.1. The summed E-state index contributed by atoms with van der Waals surface area (Å²) in [6, 6.07) is 15.5. The molecular weight excluding hydrogens is 452 g/mol. The first-order valence-corrected chi connectivity index (χ1v) is 11.7. The lowest BCUT2D eigenvalue weighted by Crippen LogP contribution is -2.30. The molecule has 0 aromatic heterocycles. The van der Waals surface area contributed by atoms with Crippen LogP contribution < -0.4 is 20.1 Å². The van der Waals surface area contributed by atoms with Crippen molar-refractivity contribution in [3.05, 3.63) is 59.7 Å². The minimum absolute atomic E-state index is 0.00625. The molecule has 0 heterocycles. The largest absolute Gasteiger partial charge is 0.491 e. The van der Waals surface area contributed by atoms with E-state index in [4.69, 9.17) is 23.7 Å². The Morgan fingerprint density at radius 1 is 0.686 bits per heavy atom. The van der Waals surface area contributed by atoms with E-state index in [2.05, 4.69) is 10.6 Å². The van der Waals surface area contributed by atoms with Gasteiger partial charge in [-0.3, -0.25) is 9.59 Å². The van der Waals surface area contributed by atoms with Gasteiger partial charge in [0.2, 0.25) is 11.8 Å². The summed E-state index contributed by atoms with van der Waals surface area (Å²) in [4.78, 5) is 22.9.